The van der Waals surface area contributed by atoms with Crippen molar-refractivity contribution in [3.63, 3.8) is 0 Å². The fourth-order valence-corrected chi connectivity index (χ4v) is 9.37. The van der Waals surface area contributed by atoms with Crippen molar-refractivity contribution in [2.24, 2.45) is 0 Å². The number of hydrogen-bond donors (Lipinski definition) is 1. The molecule has 0 unspecified atom stereocenters. The average Bonchev–Trinajstić information content (AvgIpc) is 3.82. The number of aromatic hydroxyl groups is 1. The summed E-state index contributed by atoms with van der Waals surface area (Å²) in [6.45, 7) is 4.29. The van der Waals surface area contributed by atoms with Gasteiger partial charge in [0, 0.05) is 59.0 Å². The van der Waals surface area contributed by atoms with Crippen molar-refractivity contribution in [2.75, 3.05) is 0 Å². The van der Waals surface area contributed by atoms with Gasteiger partial charge >= 0.3 is 0 Å². The molecule has 0 fully saturated rings. The largest absolute Gasteiger partial charge is 0.507 e. The van der Waals surface area contributed by atoms with E-state index in [1.54, 1.807) is 6.07 Å². The summed E-state index contributed by atoms with van der Waals surface area (Å²) in [5.74, 6) is 0.285. The number of aryl methyl sites for hydroxylation is 1. The Balaban J connectivity index is 1.10. The summed E-state index contributed by atoms with van der Waals surface area (Å²) in [4.78, 5) is 0. The number of rotatable bonds is 5. The normalized spacial score (nSPS) is 12.0. The maximum Gasteiger partial charge on any atom is 0.123 e. The Morgan fingerprint density at radius 1 is 0.538 bits per heavy atom. The predicted molar refractivity (Wildman–Crippen MR) is 222 cm³/mol. The standard InChI is InChI=1S/C48H34N2OS/c1-3-11-41-30(2)36-14-4-7-17-42(36)49(41)34-23-20-31(21-24-34)32-22-27-46-40(29-32)38-25-26-44-47(48(38)52-46)39-16-5-8-18-43(39)50(44)35-13-10-12-33(28-35)37-15-6-9-19-45(37)51/h3-29,51H,1-2H3/b11-3-. The number of allylic oxidation sites excluding steroid dienone is 1. The van der Waals surface area contributed by atoms with Crippen LogP contribution in [0.4, 0.5) is 0 Å². The van der Waals surface area contributed by atoms with Crippen LogP contribution in [0.15, 0.2) is 158 Å². The van der Waals surface area contributed by atoms with Crippen LogP contribution in [0.5, 0.6) is 5.75 Å². The van der Waals surface area contributed by atoms with E-state index in [2.05, 4.69) is 163 Å². The molecule has 0 bridgehead atoms. The molecule has 248 valence electrons. The molecule has 3 aromatic heterocycles. The van der Waals surface area contributed by atoms with Crippen molar-refractivity contribution in [1.82, 2.24) is 9.13 Å². The van der Waals surface area contributed by atoms with Crippen molar-refractivity contribution in [1.29, 1.82) is 0 Å². The lowest BCUT2D eigenvalue weighted by Crippen LogP contribution is -1.97. The van der Waals surface area contributed by atoms with Crippen molar-refractivity contribution in [2.45, 2.75) is 13.8 Å². The van der Waals surface area contributed by atoms with E-state index in [9.17, 15) is 5.11 Å². The number of benzene rings is 7. The van der Waals surface area contributed by atoms with Gasteiger partial charge in [0.25, 0.3) is 0 Å². The molecular formula is C48H34N2OS. The second kappa shape index (κ2) is 11.9. The third kappa shape index (κ3) is 4.58. The lowest BCUT2D eigenvalue weighted by molar-refractivity contribution is 0.477. The third-order valence-corrected chi connectivity index (χ3v) is 11.8. The van der Waals surface area contributed by atoms with E-state index in [-0.39, 0.29) is 5.75 Å². The van der Waals surface area contributed by atoms with Gasteiger partial charge in [0.1, 0.15) is 5.75 Å². The second-order valence-corrected chi connectivity index (χ2v) is 14.5. The SMILES string of the molecule is C/C=C\c1c(C)c2ccccc2n1-c1ccc(-c2ccc3sc4c(ccc5c4c4ccccc4n5-c4cccc(-c5ccccc5O)c4)c3c2)cc1. The Labute approximate surface area is 305 Å². The molecule has 0 aliphatic carbocycles. The van der Waals surface area contributed by atoms with Crippen LogP contribution in [0.25, 0.3) is 92.6 Å². The summed E-state index contributed by atoms with van der Waals surface area (Å²) in [7, 11) is 0. The highest BCUT2D eigenvalue weighted by molar-refractivity contribution is 7.26. The number of fused-ring (bicyclic) bond motifs is 8. The van der Waals surface area contributed by atoms with Crippen LogP contribution in [0.2, 0.25) is 0 Å². The number of aromatic nitrogens is 2. The quantitative estimate of drug-likeness (QED) is 0.192. The molecule has 0 amide bonds. The zero-order valence-corrected chi connectivity index (χ0v) is 29.7. The van der Waals surface area contributed by atoms with Crippen LogP contribution in [-0.4, -0.2) is 14.2 Å². The highest BCUT2D eigenvalue weighted by Gasteiger charge is 2.19. The molecule has 3 nitrogen and oxygen atoms in total. The number of nitrogens with zero attached hydrogens (tertiary/aromatic N) is 2. The Kier molecular flexibility index (Phi) is 6.95. The first-order valence-corrected chi connectivity index (χ1v) is 18.5. The van der Waals surface area contributed by atoms with Crippen LogP contribution < -0.4 is 0 Å². The summed E-state index contributed by atoms with van der Waals surface area (Å²) in [6, 6.07) is 53.9. The van der Waals surface area contributed by atoms with Crippen LogP contribution in [0.1, 0.15) is 18.2 Å². The zero-order chi connectivity index (χ0) is 34.9. The summed E-state index contributed by atoms with van der Waals surface area (Å²) in [6.07, 6.45) is 4.33. The van der Waals surface area contributed by atoms with E-state index in [4.69, 9.17) is 0 Å². The molecule has 0 aliphatic heterocycles. The zero-order valence-electron chi connectivity index (χ0n) is 28.8. The Bertz CT molecular complexity index is 3040. The van der Waals surface area contributed by atoms with Gasteiger partial charge in [-0.1, -0.05) is 97.1 Å². The molecular weight excluding hydrogens is 653 g/mol. The number of phenolic OH excluding ortho intramolecular Hbond substituents is 1. The molecule has 10 aromatic rings. The van der Waals surface area contributed by atoms with Gasteiger partial charge in [-0.05, 0) is 103 Å². The maximum absolute atomic E-state index is 10.6. The van der Waals surface area contributed by atoms with Gasteiger partial charge in [-0.2, -0.15) is 0 Å². The van der Waals surface area contributed by atoms with E-state index >= 15 is 0 Å². The first-order valence-electron chi connectivity index (χ1n) is 17.7. The number of para-hydroxylation sites is 3. The van der Waals surface area contributed by atoms with Gasteiger partial charge in [-0.3, -0.25) is 0 Å². The van der Waals surface area contributed by atoms with Crippen molar-refractivity contribution < 1.29 is 5.11 Å². The minimum Gasteiger partial charge on any atom is -0.507 e. The number of hydrogen-bond acceptors (Lipinski definition) is 2. The van der Waals surface area contributed by atoms with E-state index in [1.807, 2.05) is 29.5 Å². The lowest BCUT2D eigenvalue weighted by atomic mass is 10.0. The number of thiophene rings is 1. The van der Waals surface area contributed by atoms with Crippen LogP contribution in [0, 0.1) is 6.92 Å². The molecule has 4 heteroatoms. The molecule has 1 N–H and O–H groups in total. The summed E-state index contributed by atoms with van der Waals surface area (Å²) < 4.78 is 7.32. The number of phenols is 1. The molecule has 0 atom stereocenters. The van der Waals surface area contributed by atoms with E-state index in [0.717, 1.165) is 22.5 Å². The molecule has 0 radical (unpaired) electrons. The molecule has 10 rings (SSSR count). The first kappa shape index (κ1) is 30.5. The summed E-state index contributed by atoms with van der Waals surface area (Å²) in [5, 5.41) is 17.0. The molecule has 52 heavy (non-hydrogen) atoms. The monoisotopic (exact) mass is 686 g/mol. The Hall–Kier alpha value is -6.36. The van der Waals surface area contributed by atoms with Crippen LogP contribution in [0.3, 0.4) is 0 Å². The molecule has 7 aromatic carbocycles. The minimum atomic E-state index is 0.285. The minimum absolute atomic E-state index is 0.285. The van der Waals surface area contributed by atoms with Gasteiger partial charge in [0.05, 0.1) is 16.6 Å². The van der Waals surface area contributed by atoms with Gasteiger partial charge in [-0.15, -0.1) is 11.3 Å². The summed E-state index contributed by atoms with van der Waals surface area (Å²) in [5.41, 5.74) is 12.5. The smallest absolute Gasteiger partial charge is 0.123 e. The molecule has 0 saturated carbocycles. The fourth-order valence-electron chi connectivity index (χ4n) is 8.13. The van der Waals surface area contributed by atoms with E-state index < -0.39 is 0 Å². The molecule has 0 spiro atoms. The first-order chi connectivity index (χ1) is 25.6. The average molecular weight is 687 g/mol. The van der Waals surface area contributed by atoms with Gasteiger partial charge in [0.2, 0.25) is 0 Å². The van der Waals surface area contributed by atoms with Gasteiger partial charge in [-0.25, -0.2) is 0 Å². The highest BCUT2D eigenvalue weighted by Crippen LogP contribution is 2.44. The Morgan fingerprint density at radius 3 is 2.08 bits per heavy atom. The lowest BCUT2D eigenvalue weighted by Gasteiger charge is -2.11. The summed E-state index contributed by atoms with van der Waals surface area (Å²) >= 11 is 1.87. The third-order valence-electron chi connectivity index (χ3n) is 10.5. The van der Waals surface area contributed by atoms with Crippen molar-refractivity contribution >= 4 is 70.3 Å². The molecule has 0 aliphatic rings. The topological polar surface area (TPSA) is 30.1 Å². The second-order valence-electron chi connectivity index (χ2n) is 13.5. The predicted octanol–water partition coefficient (Wildman–Crippen LogP) is 13.5. The van der Waals surface area contributed by atoms with E-state index in [0.29, 0.717) is 0 Å². The maximum atomic E-state index is 10.6. The van der Waals surface area contributed by atoms with Crippen LogP contribution >= 0.6 is 11.3 Å². The molecule has 0 saturated heterocycles. The van der Waals surface area contributed by atoms with Crippen molar-refractivity contribution in [3.05, 3.63) is 169 Å². The fraction of sp³-hybridized carbons (Fsp3) is 0.0417. The van der Waals surface area contributed by atoms with Crippen LogP contribution in [-0.2, 0) is 0 Å². The molecule has 3 heterocycles. The van der Waals surface area contributed by atoms with E-state index in [1.165, 1.54) is 75.3 Å². The van der Waals surface area contributed by atoms with Gasteiger partial charge in [0.15, 0.2) is 0 Å². The Morgan fingerprint density at radius 2 is 1.27 bits per heavy atom. The van der Waals surface area contributed by atoms with Crippen molar-refractivity contribution in [3.8, 4) is 39.4 Å². The van der Waals surface area contributed by atoms with Gasteiger partial charge < -0.3 is 14.2 Å². The highest BCUT2D eigenvalue weighted by atomic mass is 32.1.